The number of esters is 1. The van der Waals surface area contributed by atoms with Crippen molar-refractivity contribution in [3.63, 3.8) is 0 Å². The van der Waals surface area contributed by atoms with Gasteiger partial charge in [-0.15, -0.1) is 4.91 Å². The Morgan fingerprint density at radius 1 is 1.65 bits per heavy atom. The number of ether oxygens (including phenoxy) is 1. The summed E-state index contributed by atoms with van der Waals surface area (Å²) in [7, 11) is 2.91. The van der Waals surface area contributed by atoms with Gasteiger partial charge in [0, 0.05) is 25.9 Å². The van der Waals surface area contributed by atoms with Crippen molar-refractivity contribution in [2.45, 2.75) is 18.9 Å². The van der Waals surface area contributed by atoms with Crippen LogP contribution in [0.15, 0.2) is 29.8 Å². The summed E-state index contributed by atoms with van der Waals surface area (Å²) in [5, 5.41) is 4.15. The van der Waals surface area contributed by atoms with Crippen LogP contribution in [0.2, 0.25) is 0 Å². The van der Waals surface area contributed by atoms with E-state index in [0.29, 0.717) is 6.42 Å². The molecule has 0 aromatic carbocycles. The van der Waals surface area contributed by atoms with E-state index in [1.807, 2.05) is 6.07 Å². The first-order valence-electron chi connectivity index (χ1n) is 5.22. The topological polar surface area (TPSA) is 71.9 Å². The van der Waals surface area contributed by atoms with E-state index in [0.717, 1.165) is 5.56 Å². The highest BCUT2D eigenvalue weighted by Gasteiger charge is 2.18. The zero-order valence-corrected chi connectivity index (χ0v) is 9.87. The van der Waals surface area contributed by atoms with E-state index >= 15 is 0 Å². The maximum absolute atomic E-state index is 11.1. The monoisotopic (exact) mass is 237 g/mol. The number of carbonyl (C=O) groups excluding carboxylic acids is 1. The van der Waals surface area contributed by atoms with E-state index in [4.69, 9.17) is 0 Å². The molecule has 0 spiro atoms. The maximum Gasteiger partial charge on any atom is 0.305 e. The van der Waals surface area contributed by atoms with Gasteiger partial charge in [-0.05, 0) is 18.1 Å². The summed E-state index contributed by atoms with van der Waals surface area (Å²) in [4.78, 5) is 25.6. The van der Waals surface area contributed by atoms with E-state index in [1.165, 1.54) is 12.1 Å². The molecule has 0 amide bonds. The molecule has 6 nitrogen and oxygen atoms in total. The van der Waals surface area contributed by atoms with E-state index in [2.05, 4.69) is 15.0 Å². The molecular weight excluding hydrogens is 222 g/mol. The summed E-state index contributed by atoms with van der Waals surface area (Å²) in [6.45, 7) is 0. The van der Waals surface area contributed by atoms with Gasteiger partial charge in [0.2, 0.25) is 0 Å². The zero-order chi connectivity index (χ0) is 12.7. The normalized spacial score (nSPS) is 11.6. The standard InChI is InChI=1S/C11H15N3O3/c1-14(13-16)10(5-6-11(15)17-2)9-4-3-7-12-8-9/h3-4,7-8,10H,5-6H2,1-2H3. The number of carbonyl (C=O) groups is 1. The number of methoxy groups -OCH3 is 1. The van der Waals surface area contributed by atoms with Gasteiger partial charge in [0.1, 0.15) is 0 Å². The van der Waals surface area contributed by atoms with Crippen molar-refractivity contribution in [1.29, 1.82) is 0 Å². The van der Waals surface area contributed by atoms with Gasteiger partial charge in [0.15, 0.2) is 0 Å². The minimum atomic E-state index is -0.307. The molecule has 0 aliphatic carbocycles. The minimum Gasteiger partial charge on any atom is -0.469 e. The third-order valence-electron chi connectivity index (χ3n) is 2.50. The quantitative estimate of drug-likeness (QED) is 0.427. The second kappa shape index (κ2) is 6.57. The Hall–Kier alpha value is -1.98. The van der Waals surface area contributed by atoms with E-state index in [-0.39, 0.29) is 18.4 Å². The Morgan fingerprint density at radius 2 is 2.41 bits per heavy atom. The van der Waals surface area contributed by atoms with Crippen LogP contribution in [0.1, 0.15) is 24.4 Å². The first kappa shape index (κ1) is 13.1. The minimum absolute atomic E-state index is 0.232. The third kappa shape index (κ3) is 3.82. The Balaban J connectivity index is 2.74. The number of aromatic nitrogens is 1. The first-order valence-corrected chi connectivity index (χ1v) is 5.22. The number of hydrogen-bond acceptors (Lipinski definition) is 5. The molecule has 0 saturated heterocycles. The van der Waals surface area contributed by atoms with Gasteiger partial charge in [0.05, 0.1) is 18.4 Å². The average molecular weight is 237 g/mol. The van der Waals surface area contributed by atoms with Crippen LogP contribution in [-0.2, 0) is 9.53 Å². The van der Waals surface area contributed by atoms with Gasteiger partial charge in [-0.2, -0.15) is 0 Å². The lowest BCUT2D eigenvalue weighted by atomic mass is 10.0. The molecule has 0 N–H and O–H groups in total. The fraction of sp³-hybridized carbons (Fsp3) is 0.455. The third-order valence-corrected chi connectivity index (χ3v) is 2.50. The fourth-order valence-corrected chi connectivity index (χ4v) is 1.56. The summed E-state index contributed by atoms with van der Waals surface area (Å²) in [5.74, 6) is -0.307. The van der Waals surface area contributed by atoms with E-state index in [9.17, 15) is 9.70 Å². The van der Waals surface area contributed by atoms with Crippen LogP contribution < -0.4 is 0 Å². The molecule has 92 valence electrons. The molecule has 1 rings (SSSR count). The predicted octanol–water partition coefficient (Wildman–Crippen LogP) is 1.69. The van der Waals surface area contributed by atoms with Gasteiger partial charge < -0.3 is 4.74 Å². The fourth-order valence-electron chi connectivity index (χ4n) is 1.56. The van der Waals surface area contributed by atoms with E-state index in [1.54, 1.807) is 25.5 Å². The molecule has 6 heteroatoms. The molecule has 1 atom stereocenters. The lowest BCUT2D eigenvalue weighted by Crippen LogP contribution is -2.20. The largest absolute Gasteiger partial charge is 0.469 e. The van der Waals surface area contributed by atoms with Gasteiger partial charge in [-0.25, -0.2) is 0 Å². The molecule has 0 aliphatic rings. The molecule has 17 heavy (non-hydrogen) atoms. The van der Waals surface area contributed by atoms with Crippen LogP contribution in [0, 0.1) is 4.91 Å². The molecule has 1 unspecified atom stereocenters. The summed E-state index contributed by atoms with van der Waals surface area (Å²) in [5.41, 5.74) is 0.846. The SMILES string of the molecule is COC(=O)CCC(c1cccnc1)N(C)N=O. The highest BCUT2D eigenvalue weighted by molar-refractivity contribution is 5.69. The lowest BCUT2D eigenvalue weighted by Gasteiger charge is -2.22. The van der Waals surface area contributed by atoms with Crippen molar-refractivity contribution in [3.8, 4) is 0 Å². The maximum atomic E-state index is 11.1. The number of hydrogen-bond donors (Lipinski definition) is 0. The number of rotatable bonds is 6. The highest BCUT2D eigenvalue weighted by Crippen LogP contribution is 2.24. The molecule has 1 aromatic heterocycles. The zero-order valence-electron chi connectivity index (χ0n) is 9.87. The van der Waals surface area contributed by atoms with Crippen LogP contribution in [0.4, 0.5) is 0 Å². The Kier molecular flexibility index (Phi) is 5.06. The van der Waals surface area contributed by atoms with Crippen molar-refractivity contribution in [3.05, 3.63) is 35.0 Å². The van der Waals surface area contributed by atoms with Crippen molar-refractivity contribution in [2.75, 3.05) is 14.2 Å². The molecule has 0 bridgehead atoms. The Bertz CT molecular complexity index is 369. The molecular formula is C11H15N3O3. The Labute approximate surface area is 99.5 Å². The number of nitroso groups, excluding NO2 is 1. The number of pyridine rings is 1. The van der Waals surface area contributed by atoms with Gasteiger partial charge in [-0.1, -0.05) is 6.07 Å². The smallest absolute Gasteiger partial charge is 0.305 e. The molecule has 0 aliphatic heterocycles. The van der Waals surface area contributed by atoms with Crippen LogP contribution in [-0.4, -0.2) is 30.1 Å². The summed E-state index contributed by atoms with van der Waals surface area (Å²) < 4.78 is 4.57. The molecule has 0 radical (unpaired) electrons. The van der Waals surface area contributed by atoms with Crippen LogP contribution in [0.3, 0.4) is 0 Å². The van der Waals surface area contributed by atoms with Gasteiger partial charge >= 0.3 is 5.97 Å². The molecule has 1 heterocycles. The van der Waals surface area contributed by atoms with Crippen LogP contribution >= 0.6 is 0 Å². The van der Waals surface area contributed by atoms with Crippen molar-refractivity contribution in [2.24, 2.45) is 5.29 Å². The second-order valence-electron chi connectivity index (χ2n) is 3.57. The summed E-state index contributed by atoms with van der Waals surface area (Å²) in [6, 6.07) is 3.36. The van der Waals surface area contributed by atoms with Crippen LogP contribution in [0.25, 0.3) is 0 Å². The predicted molar refractivity (Wildman–Crippen MR) is 61.8 cm³/mol. The molecule has 1 aromatic rings. The van der Waals surface area contributed by atoms with Crippen molar-refractivity contribution in [1.82, 2.24) is 9.99 Å². The lowest BCUT2D eigenvalue weighted by molar-refractivity contribution is -0.141. The van der Waals surface area contributed by atoms with Crippen molar-refractivity contribution < 1.29 is 9.53 Å². The second-order valence-corrected chi connectivity index (χ2v) is 3.57. The van der Waals surface area contributed by atoms with Gasteiger partial charge in [0.25, 0.3) is 0 Å². The van der Waals surface area contributed by atoms with Crippen LogP contribution in [0.5, 0.6) is 0 Å². The van der Waals surface area contributed by atoms with Crippen molar-refractivity contribution >= 4 is 5.97 Å². The van der Waals surface area contributed by atoms with Gasteiger partial charge in [-0.3, -0.25) is 14.8 Å². The first-order chi connectivity index (χ1) is 8.19. The summed E-state index contributed by atoms with van der Waals surface area (Å²) in [6.07, 6.45) is 4.00. The Morgan fingerprint density at radius 3 is 2.94 bits per heavy atom. The number of nitrogens with zero attached hydrogens (tertiary/aromatic N) is 3. The molecule has 0 saturated carbocycles. The molecule has 0 fully saturated rings. The van der Waals surface area contributed by atoms with E-state index < -0.39 is 0 Å². The average Bonchev–Trinajstić information content (AvgIpc) is 2.39. The highest BCUT2D eigenvalue weighted by atomic mass is 16.5. The summed E-state index contributed by atoms with van der Waals surface area (Å²) >= 11 is 0.